The number of amides is 4. The van der Waals surface area contributed by atoms with Crippen molar-refractivity contribution in [2.75, 3.05) is 25.7 Å². The predicted molar refractivity (Wildman–Crippen MR) is 209 cm³/mol. The molecule has 2 aromatic carbocycles. The minimum atomic E-state index is -3.16. The van der Waals surface area contributed by atoms with Gasteiger partial charge in [0, 0.05) is 36.4 Å². The number of para-hydroxylation sites is 1. The topological polar surface area (TPSA) is 200 Å². The Morgan fingerprint density at radius 1 is 0.831 bits per heavy atom. The second-order valence-electron chi connectivity index (χ2n) is 15.2. The van der Waals surface area contributed by atoms with Crippen LogP contribution in [0.2, 0.25) is 0 Å². The molecule has 6 heterocycles. The summed E-state index contributed by atoms with van der Waals surface area (Å²) in [5.41, 5.74) is 6.34. The number of aryl methyl sites for hydroxylation is 1. The highest BCUT2D eigenvalue weighted by Crippen LogP contribution is 2.45. The molecule has 4 atom stereocenters. The summed E-state index contributed by atoms with van der Waals surface area (Å²) in [6.45, 7) is 2.59. The summed E-state index contributed by atoms with van der Waals surface area (Å²) >= 11 is 0. The van der Waals surface area contributed by atoms with Crippen molar-refractivity contribution in [3.05, 3.63) is 90.0 Å². The highest BCUT2D eigenvalue weighted by atomic mass is 19.3. The number of alkyl carbamates (subject to hydrolysis) is 2. The molecule has 0 unspecified atom stereocenters. The molecule has 3 aromatic heterocycles. The molecule has 0 bridgehead atoms. The Morgan fingerprint density at radius 2 is 1.46 bits per heavy atom. The lowest BCUT2D eigenvalue weighted by Gasteiger charge is -2.29. The van der Waals surface area contributed by atoms with E-state index in [-0.39, 0.29) is 17.6 Å². The molecule has 306 valence electrons. The molecular weight excluding hydrogens is 767 g/mol. The van der Waals surface area contributed by atoms with Crippen LogP contribution in [0.1, 0.15) is 61.5 Å². The van der Waals surface area contributed by atoms with Gasteiger partial charge in [-0.15, -0.1) is 0 Å². The molecule has 3 aliphatic heterocycles. The van der Waals surface area contributed by atoms with Crippen LogP contribution < -0.4 is 15.5 Å². The number of halogens is 2. The van der Waals surface area contributed by atoms with E-state index in [0.717, 1.165) is 45.6 Å². The fraction of sp³-hybridized carbons (Fsp3) is 0.366. The predicted octanol–water partition coefficient (Wildman–Crippen LogP) is 5.51. The summed E-state index contributed by atoms with van der Waals surface area (Å²) in [4.78, 5) is 78.8. The summed E-state index contributed by atoms with van der Waals surface area (Å²) in [7, 11) is 2.43. The van der Waals surface area contributed by atoms with Gasteiger partial charge in [0.2, 0.25) is 11.8 Å². The first kappa shape index (κ1) is 39.1. The quantitative estimate of drug-likeness (QED) is 0.147. The van der Waals surface area contributed by atoms with E-state index in [1.54, 1.807) is 37.3 Å². The number of nitrogens with one attached hydrogen (secondary N) is 4. The second-order valence-corrected chi connectivity index (χ2v) is 15.2. The number of anilines is 1. The lowest BCUT2D eigenvalue weighted by molar-refractivity contribution is -0.136. The first-order valence-electron chi connectivity index (χ1n) is 19.2. The number of aromatic nitrogens is 6. The van der Waals surface area contributed by atoms with Crippen molar-refractivity contribution in [1.29, 1.82) is 0 Å². The van der Waals surface area contributed by atoms with E-state index in [1.165, 1.54) is 13.3 Å². The Balaban J connectivity index is 0.964. The molecule has 16 nitrogen and oxygen atoms in total. The summed E-state index contributed by atoms with van der Waals surface area (Å²) in [6, 6.07) is 10.3. The highest BCUT2D eigenvalue weighted by molar-refractivity contribution is 6.02. The Morgan fingerprint density at radius 3 is 2.12 bits per heavy atom. The maximum Gasteiger partial charge on any atom is 0.407 e. The van der Waals surface area contributed by atoms with Crippen LogP contribution in [-0.4, -0.2) is 97.6 Å². The van der Waals surface area contributed by atoms with Crippen molar-refractivity contribution < 1.29 is 37.4 Å². The van der Waals surface area contributed by atoms with Gasteiger partial charge in [-0.3, -0.25) is 14.5 Å². The van der Waals surface area contributed by atoms with Crippen molar-refractivity contribution in [3.8, 4) is 33.9 Å². The number of hydrogen-bond donors (Lipinski definition) is 4. The number of methoxy groups -OCH3 is 2. The van der Waals surface area contributed by atoms with Gasteiger partial charge in [0.25, 0.3) is 5.92 Å². The number of carbonyl (C=O) groups excluding carboxylic acids is 4. The van der Waals surface area contributed by atoms with Gasteiger partial charge in [-0.25, -0.2) is 38.3 Å². The number of hydrogen-bond acceptors (Lipinski definition) is 10. The summed E-state index contributed by atoms with van der Waals surface area (Å²) in [6.07, 6.45) is 5.93. The normalized spacial score (nSPS) is 19.9. The van der Waals surface area contributed by atoms with E-state index in [2.05, 4.69) is 40.3 Å². The summed E-state index contributed by atoms with van der Waals surface area (Å²) in [5, 5.41) is 5.16. The van der Waals surface area contributed by atoms with Crippen LogP contribution in [0.3, 0.4) is 0 Å². The zero-order valence-electron chi connectivity index (χ0n) is 32.7. The third-order valence-electron chi connectivity index (χ3n) is 11.1. The third-order valence-corrected chi connectivity index (χ3v) is 11.1. The lowest BCUT2D eigenvalue weighted by Crippen LogP contribution is -2.51. The molecule has 0 radical (unpaired) electrons. The van der Waals surface area contributed by atoms with Crippen LogP contribution in [0.15, 0.2) is 67.3 Å². The SMILES string of the molecule is COC(=O)N[C@H]1CCc2cccc3c2N(C1=O)[C@H](c1ncc(-c2ccc(-c4ncc(-c5cnc([C@@H]6CC(F)(F)CN6C(=O)[C@@H](NC(=O)OC)C(C)C)[nH]5)cn4)cc2)[nH]1)C3. The fourth-order valence-corrected chi connectivity index (χ4v) is 8.08. The van der Waals surface area contributed by atoms with Crippen LogP contribution in [-0.2, 0) is 31.9 Å². The number of imidazole rings is 2. The molecule has 0 aliphatic carbocycles. The fourth-order valence-electron chi connectivity index (χ4n) is 8.08. The molecular formula is C41H42F2N10O6. The van der Waals surface area contributed by atoms with Crippen molar-refractivity contribution in [2.45, 2.75) is 69.6 Å². The van der Waals surface area contributed by atoms with Gasteiger partial charge in [0.1, 0.15) is 23.7 Å². The van der Waals surface area contributed by atoms with Crippen LogP contribution in [0.4, 0.5) is 24.1 Å². The third kappa shape index (κ3) is 7.57. The number of benzene rings is 2. The van der Waals surface area contributed by atoms with Crippen LogP contribution in [0.25, 0.3) is 33.9 Å². The van der Waals surface area contributed by atoms with E-state index in [1.807, 2.05) is 42.5 Å². The number of carbonyl (C=O) groups is 4. The Bertz CT molecular complexity index is 2400. The maximum absolute atomic E-state index is 14.8. The molecule has 4 amide bonds. The average molecular weight is 809 g/mol. The molecule has 1 saturated heterocycles. The van der Waals surface area contributed by atoms with Gasteiger partial charge in [-0.05, 0) is 35.4 Å². The van der Waals surface area contributed by atoms with Crippen molar-refractivity contribution >= 4 is 29.7 Å². The zero-order chi connectivity index (χ0) is 41.6. The molecule has 18 heteroatoms. The van der Waals surface area contributed by atoms with E-state index < -0.39 is 61.1 Å². The number of likely N-dealkylation sites (tertiary alicyclic amines) is 1. The van der Waals surface area contributed by atoms with Gasteiger partial charge in [0.05, 0.1) is 62.3 Å². The molecule has 8 rings (SSSR count). The second kappa shape index (κ2) is 15.6. The number of nitrogens with zero attached hydrogens (tertiary/aromatic N) is 6. The minimum absolute atomic E-state index is 0.174. The first-order valence-corrected chi connectivity index (χ1v) is 19.2. The molecule has 1 fully saturated rings. The average Bonchev–Trinajstić information content (AvgIpc) is 4.04. The molecule has 59 heavy (non-hydrogen) atoms. The Labute approximate surface area is 337 Å². The van der Waals surface area contributed by atoms with E-state index >= 15 is 0 Å². The van der Waals surface area contributed by atoms with E-state index in [0.29, 0.717) is 42.2 Å². The van der Waals surface area contributed by atoms with Crippen LogP contribution >= 0.6 is 0 Å². The highest BCUT2D eigenvalue weighted by Gasteiger charge is 2.50. The molecule has 5 aromatic rings. The smallest absolute Gasteiger partial charge is 0.407 e. The molecule has 3 aliphatic rings. The molecule has 0 saturated carbocycles. The maximum atomic E-state index is 14.8. The Hall–Kier alpha value is -6.72. The minimum Gasteiger partial charge on any atom is -0.453 e. The summed E-state index contributed by atoms with van der Waals surface area (Å²) < 4.78 is 39.0. The van der Waals surface area contributed by atoms with Gasteiger partial charge >= 0.3 is 12.2 Å². The number of aromatic amines is 2. The molecule has 0 spiro atoms. The van der Waals surface area contributed by atoms with E-state index in [9.17, 15) is 28.0 Å². The van der Waals surface area contributed by atoms with Crippen LogP contribution in [0.5, 0.6) is 0 Å². The van der Waals surface area contributed by atoms with Gasteiger partial charge in [-0.1, -0.05) is 56.3 Å². The van der Waals surface area contributed by atoms with Gasteiger partial charge in [-0.2, -0.15) is 0 Å². The van der Waals surface area contributed by atoms with Crippen molar-refractivity contribution in [1.82, 2.24) is 45.4 Å². The van der Waals surface area contributed by atoms with Gasteiger partial charge < -0.3 is 35.0 Å². The van der Waals surface area contributed by atoms with Gasteiger partial charge in [0.15, 0.2) is 5.82 Å². The number of rotatable bonds is 9. The van der Waals surface area contributed by atoms with Crippen molar-refractivity contribution in [3.63, 3.8) is 0 Å². The standard InChI is InChI=1S/C41H42F2N10O6/c1-21(2)32(51-40(57)59-4)38(55)52-20-41(42,43)15-31(52)36-47-19-29(49-36)26-16-44-34(45-17-26)24-10-8-22(9-11-24)28-18-46-35(48-28)30-14-25-7-5-6-23-12-13-27(50-39(56)58-3)37(54)53(30)33(23)25/h5-11,16-19,21,27,30-32H,12-15,20H2,1-4H3,(H,46,48)(H,47,49)(H,50,56)(H,51,57)/t27-,30-,31-,32-/m0/s1. The van der Waals surface area contributed by atoms with Crippen molar-refractivity contribution in [2.24, 2.45) is 5.92 Å². The number of alkyl halides is 2. The Kier molecular flexibility index (Phi) is 10.3. The number of H-pyrrole nitrogens is 2. The van der Waals surface area contributed by atoms with Crippen LogP contribution in [0, 0.1) is 5.92 Å². The zero-order valence-corrected chi connectivity index (χ0v) is 32.7. The largest absolute Gasteiger partial charge is 0.453 e. The number of ether oxygens (including phenoxy) is 2. The lowest BCUT2D eigenvalue weighted by atomic mass is 10.0. The van der Waals surface area contributed by atoms with E-state index in [4.69, 9.17) is 9.72 Å². The molecule has 4 N–H and O–H groups in total. The first-order chi connectivity index (χ1) is 28.3. The monoisotopic (exact) mass is 808 g/mol. The summed E-state index contributed by atoms with van der Waals surface area (Å²) in [5.74, 6) is -3.18.